The van der Waals surface area contributed by atoms with E-state index in [1.165, 1.54) is 7.11 Å². The SMILES string of the molecule is COC(=O)c1[nH]nnc1Oc1ccc(Br)cc1. The van der Waals surface area contributed by atoms with Gasteiger partial charge in [-0.2, -0.15) is 0 Å². The highest BCUT2D eigenvalue weighted by molar-refractivity contribution is 9.10. The van der Waals surface area contributed by atoms with Crippen LogP contribution in [0.1, 0.15) is 10.5 Å². The van der Waals surface area contributed by atoms with Gasteiger partial charge in [-0.3, -0.25) is 0 Å². The van der Waals surface area contributed by atoms with Crippen LogP contribution in [-0.2, 0) is 4.74 Å². The fourth-order valence-electron chi connectivity index (χ4n) is 1.14. The lowest BCUT2D eigenvalue weighted by atomic mass is 10.3. The Hall–Kier alpha value is -1.89. The molecule has 0 aliphatic heterocycles. The lowest BCUT2D eigenvalue weighted by molar-refractivity contribution is 0.0591. The van der Waals surface area contributed by atoms with E-state index in [2.05, 4.69) is 36.1 Å². The second kappa shape index (κ2) is 4.96. The number of benzene rings is 1. The molecule has 7 heteroatoms. The number of aromatic amines is 1. The largest absolute Gasteiger partial charge is 0.464 e. The summed E-state index contributed by atoms with van der Waals surface area (Å²) in [5.74, 6) is 0.0496. The van der Waals surface area contributed by atoms with Gasteiger partial charge in [0, 0.05) is 4.47 Å². The Balaban J connectivity index is 2.21. The van der Waals surface area contributed by atoms with E-state index in [4.69, 9.17) is 4.74 Å². The highest BCUT2D eigenvalue weighted by Gasteiger charge is 2.17. The zero-order valence-electron chi connectivity index (χ0n) is 8.81. The molecular formula is C10H8BrN3O3. The van der Waals surface area contributed by atoms with Gasteiger partial charge in [-0.05, 0) is 24.3 Å². The van der Waals surface area contributed by atoms with Crippen molar-refractivity contribution in [3.8, 4) is 11.6 Å². The van der Waals surface area contributed by atoms with Gasteiger partial charge in [0.25, 0.3) is 5.88 Å². The molecule has 0 amide bonds. The number of halogens is 1. The van der Waals surface area contributed by atoms with Gasteiger partial charge in [-0.15, -0.1) is 0 Å². The summed E-state index contributed by atoms with van der Waals surface area (Å²) in [7, 11) is 1.27. The molecule has 1 N–H and O–H groups in total. The first-order valence-electron chi connectivity index (χ1n) is 4.63. The van der Waals surface area contributed by atoms with Gasteiger partial charge in [-0.1, -0.05) is 26.2 Å². The standard InChI is InChI=1S/C10H8BrN3O3/c1-16-10(15)8-9(13-14-12-8)17-7-4-2-6(11)3-5-7/h2-5H,1H3,(H,12,13,14). The minimum Gasteiger partial charge on any atom is -0.464 e. The van der Waals surface area contributed by atoms with Crippen LogP contribution in [0.3, 0.4) is 0 Å². The number of rotatable bonds is 3. The summed E-state index contributed by atoms with van der Waals surface area (Å²) < 4.78 is 10.9. The quantitative estimate of drug-likeness (QED) is 0.878. The molecular weight excluding hydrogens is 290 g/mol. The number of hydrogen-bond acceptors (Lipinski definition) is 5. The average Bonchev–Trinajstić information content (AvgIpc) is 2.79. The summed E-state index contributed by atoms with van der Waals surface area (Å²) in [6.45, 7) is 0. The van der Waals surface area contributed by atoms with Crippen LogP contribution < -0.4 is 4.74 Å². The van der Waals surface area contributed by atoms with Crippen molar-refractivity contribution in [1.82, 2.24) is 15.4 Å². The Morgan fingerprint density at radius 2 is 2.06 bits per heavy atom. The van der Waals surface area contributed by atoms with Crippen molar-refractivity contribution < 1.29 is 14.3 Å². The van der Waals surface area contributed by atoms with E-state index in [1.807, 2.05) is 12.1 Å². The average molecular weight is 298 g/mol. The Morgan fingerprint density at radius 1 is 1.35 bits per heavy atom. The zero-order chi connectivity index (χ0) is 12.3. The summed E-state index contributed by atoms with van der Waals surface area (Å²) in [6, 6.07) is 7.10. The molecule has 0 saturated heterocycles. The van der Waals surface area contributed by atoms with Gasteiger partial charge in [-0.25, -0.2) is 9.89 Å². The number of esters is 1. The predicted octanol–water partition coefficient (Wildman–Crippen LogP) is 2.15. The van der Waals surface area contributed by atoms with Crippen molar-refractivity contribution >= 4 is 21.9 Å². The molecule has 2 rings (SSSR count). The van der Waals surface area contributed by atoms with Crippen LogP contribution in [0.5, 0.6) is 11.6 Å². The molecule has 6 nitrogen and oxygen atoms in total. The lowest BCUT2D eigenvalue weighted by Crippen LogP contribution is -2.03. The van der Waals surface area contributed by atoms with E-state index in [0.717, 1.165) is 4.47 Å². The first kappa shape index (κ1) is 11.6. The van der Waals surface area contributed by atoms with Gasteiger partial charge in [0.15, 0.2) is 0 Å². The number of methoxy groups -OCH3 is 1. The van der Waals surface area contributed by atoms with Crippen LogP contribution in [0.2, 0.25) is 0 Å². The topological polar surface area (TPSA) is 77.1 Å². The molecule has 0 atom stereocenters. The van der Waals surface area contributed by atoms with Gasteiger partial charge in [0.1, 0.15) is 5.75 Å². The van der Waals surface area contributed by atoms with E-state index in [9.17, 15) is 4.79 Å². The molecule has 0 saturated carbocycles. The second-order valence-corrected chi connectivity index (χ2v) is 3.96. The van der Waals surface area contributed by atoms with Crippen molar-refractivity contribution in [1.29, 1.82) is 0 Å². The van der Waals surface area contributed by atoms with Crippen molar-refractivity contribution in [2.45, 2.75) is 0 Å². The zero-order valence-corrected chi connectivity index (χ0v) is 10.4. The smallest absolute Gasteiger partial charge is 0.361 e. The molecule has 0 bridgehead atoms. The first-order chi connectivity index (χ1) is 8.20. The summed E-state index contributed by atoms with van der Waals surface area (Å²) in [5.41, 5.74) is 0.0791. The third-order valence-corrected chi connectivity index (χ3v) is 2.46. The number of nitrogens with one attached hydrogen (secondary N) is 1. The molecule has 0 aliphatic rings. The maximum atomic E-state index is 11.3. The lowest BCUT2D eigenvalue weighted by Gasteiger charge is -2.03. The fraction of sp³-hybridized carbons (Fsp3) is 0.100. The fourth-order valence-corrected chi connectivity index (χ4v) is 1.40. The van der Waals surface area contributed by atoms with E-state index in [1.54, 1.807) is 12.1 Å². The van der Waals surface area contributed by atoms with E-state index in [0.29, 0.717) is 5.75 Å². The van der Waals surface area contributed by atoms with Gasteiger partial charge >= 0.3 is 5.97 Å². The van der Waals surface area contributed by atoms with E-state index < -0.39 is 5.97 Å². The van der Waals surface area contributed by atoms with Crippen molar-refractivity contribution in [2.75, 3.05) is 7.11 Å². The third-order valence-electron chi connectivity index (χ3n) is 1.93. The number of carbonyl (C=O) groups is 1. The van der Waals surface area contributed by atoms with Crippen LogP contribution in [0.15, 0.2) is 28.7 Å². The number of aromatic nitrogens is 3. The molecule has 0 unspecified atom stereocenters. The van der Waals surface area contributed by atoms with Crippen LogP contribution in [0, 0.1) is 0 Å². The van der Waals surface area contributed by atoms with Gasteiger partial charge < -0.3 is 9.47 Å². The molecule has 17 heavy (non-hydrogen) atoms. The molecule has 0 radical (unpaired) electrons. The summed E-state index contributed by atoms with van der Waals surface area (Å²) >= 11 is 3.31. The van der Waals surface area contributed by atoms with E-state index in [-0.39, 0.29) is 11.6 Å². The first-order valence-corrected chi connectivity index (χ1v) is 5.43. The van der Waals surface area contributed by atoms with Crippen molar-refractivity contribution in [3.05, 3.63) is 34.4 Å². The Bertz CT molecular complexity index is 524. The minimum absolute atomic E-state index is 0.0791. The van der Waals surface area contributed by atoms with Crippen LogP contribution in [-0.4, -0.2) is 28.5 Å². The minimum atomic E-state index is -0.581. The number of ether oxygens (including phenoxy) is 2. The summed E-state index contributed by atoms with van der Waals surface area (Å²) in [6.07, 6.45) is 0. The number of carbonyl (C=O) groups excluding carboxylic acids is 1. The van der Waals surface area contributed by atoms with Crippen molar-refractivity contribution in [3.63, 3.8) is 0 Å². The third kappa shape index (κ3) is 2.62. The predicted molar refractivity (Wildman–Crippen MR) is 61.9 cm³/mol. The molecule has 1 aromatic carbocycles. The van der Waals surface area contributed by atoms with Gasteiger partial charge in [0.05, 0.1) is 7.11 Å². The summed E-state index contributed by atoms with van der Waals surface area (Å²) in [5, 5.41) is 9.58. The molecule has 0 aliphatic carbocycles. The van der Waals surface area contributed by atoms with Crippen LogP contribution in [0.25, 0.3) is 0 Å². The molecule has 0 spiro atoms. The number of H-pyrrole nitrogens is 1. The Labute approximate surface area is 105 Å². The highest BCUT2D eigenvalue weighted by Crippen LogP contribution is 2.23. The maximum Gasteiger partial charge on any atom is 0.361 e. The number of hydrogen-bond donors (Lipinski definition) is 1. The molecule has 1 heterocycles. The van der Waals surface area contributed by atoms with Crippen LogP contribution >= 0.6 is 15.9 Å². The molecule has 2 aromatic rings. The number of nitrogens with zero attached hydrogens (tertiary/aromatic N) is 2. The normalized spacial score (nSPS) is 10.0. The van der Waals surface area contributed by atoms with Crippen molar-refractivity contribution in [2.24, 2.45) is 0 Å². The van der Waals surface area contributed by atoms with E-state index >= 15 is 0 Å². The maximum absolute atomic E-state index is 11.3. The molecule has 88 valence electrons. The highest BCUT2D eigenvalue weighted by atomic mass is 79.9. The molecule has 1 aromatic heterocycles. The summed E-state index contributed by atoms with van der Waals surface area (Å²) in [4.78, 5) is 11.3. The Morgan fingerprint density at radius 3 is 2.71 bits per heavy atom. The second-order valence-electron chi connectivity index (χ2n) is 3.04. The molecule has 0 fully saturated rings. The van der Waals surface area contributed by atoms with Crippen LogP contribution in [0.4, 0.5) is 0 Å². The monoisotopic (exact) mass is 297 g/mol. The van der Waals surface area contributed by atoms with Gasteiger partial charge in [0.2, 0.25) is 5.69 Å². The Kier molecular flexibility index (Phi) is 3.38.